The van der Waals surface area contributed by atoms with Crippen LogP contribution in [0, 0.1) is 0 Å². The maximum atomic E-state index is 9.50. The maximum absolute atomic E-state index is 9.50. The minimum atomic E-state index is -5.76. The standard InChI is InChI=1S/2C24H21.C12H9Si.2ClH.Zr/c2*1-2-9-18-16-21-14-15-22(19-10-5-3-6-11-19)24(23(21)17-18)20-12-7-4-8-13-20;1-3-7-11-9(5-1)10-6-2-4-8-12(10)13-11;;;/h2*3-8,10-17H,2,9H2,1H3;1-7H,13H2;2*1H;/q;;;;;+2/p-2. The molecule has 2 atom stereocenters. The summed E-state index contributed by atoms with van der Waals surface area (Å²) in [7, 11) is 18.1. The van der Waals surface area contributed by atoms with Crippen molar-refractivity contribution in [3.05, 3.63) is 221 Å². The van der Waals surface area contributed by atoms with Crippen LogP contribution in [0.25, 0.3) is 67.8 Å². The summed E-state index contributed by atoms with van der Waals surface area (Å²) in [5.41, 5.74) is 20.5. The fraction of sp³-hybridized carbons (Fsp3) is 0.133. The molecule has 1 heterocycles. The molecule has 2 aliphatic carbocycles. The normalized spacial score (nSPS) is 16.9. The van der Waals surface area contributed by atoms with Crippen LogP contribution in [-0.2, 0) is 16.4 Å². The Bertz CT molecular complexity index is 2970. The number of rotatable bonds is 11. The Balaban J connectivity index is 1.24. The van der Waals surface area contributed by atoms with E-state index in [0.717, 1.165) is 25.7 Å². The first kappa shape index (κ1) is 41.6. The SMILES string of the molecule is CCCC1=Cc2c(ccc(-c3ccccc3)c2-c2ccccc2)[CH]1[Zr]([Cl])([Cl])([c]1cccc2c1[SiH2]c1ccccc1-2)[CH]1C(CCC)=Cc2c1ccc(-c1ccccc1)c2-c1ccccc1. The molecule has 8 aromatic rings. The molecule has 64 heavy (non-hydrogen) atoms. The zero-order chi connectivity index (χ0) is 43.4. The van der Waals surface area contributed by atoms with Crippen molar-refractivity contribution in [2.45, 2.75) is 46.8 Å². The van der Waals surface area contributed by atoms with Gasteiger partial charge < -0.3 is 0 Å². The Kier molecular flexibility index (Phi) is 10.9. The van der Waals surface area contributed by atoms with Crippen molar-refractivity contribution in [2.24, 2.45) is 0 Å². The molecule has 0 N–H and O–H groups in total. The quantitative estimate of drug-likeness (QED) is 0.113. The second-order valence-corrected chi connectivity index (χ2v) is 40.5. The van der Waals surface area contributed by atoms with E-state index < -0.39 is 25.9 Å². The Morgan fingerprint density at radius 2 is 0.844 bits per heavy atom. The van der Waals surface area contributed by atoms with Crippen molar-refractivity contribution >= 4 is 52.3 Å². The molecule has 0 saturated carbocycles. The van der Waals surface area contributed by atoms with Crippen LogP contribution in [0.5, 0.6) is 0 Å². The first-order valence-electron chi connectivity index (χ1n) is 23.1. The minimum absolute atomic E-state index is 0.138. The first-order valence-corrected chi connectivity index (χ1v) is 34.9. The third-order valence-corrected chi connectivity index (χ3v) is 37.2. The number of allylic oxidation sites excluding steroid dienone is 2. The van der Waals surface area contributed by atoms with Gasteiger partial charge in [-0.15, -0.1) is 0 Å². The van der Waals surface area contributed by atoms with Crippen molar-refractivity contribution in [3.63, 3.8) is 0 Å². The van der Waals surface area contributed by atoms with E-state index in [1.165, 1.54) is 103 Å². The Morgan fingerprint density at radius 3 is 1.31 bits per heavy atom. The molecule has 3 aliphatic rings. The summed E-state index contributed by atoms with van der Waals surface area (Å²) in [5.74, 6) is 0. The molecule has 1 aliphatic heterocycles. The molecule has 2 unspecified atom stereocenters. The van der Waals surface area contributed by atoms with Crippen molar-refractivity contribution < 1.29 is 16.4 Å². The molecular formula is C60H51Cl2SiZr. The molecule has 4 heteroatoms. The Morgan fingerprint density at radius 1 is 0.422 bits per heavy atom. The van der Waals surface area contributed by atoms with Gasteiger partial charge in [-0.2, -0.15) is 0 Å². The Labute approximate surface area is 389 Å². The summed E-state index contributed by atoms with van der Waals surface area (Å²) in [4.78, 5) is 0. The number of hydrogen-bond acceptors (Lipinski definition) is 0. The second-order valence-electron chi connectivity index (χ2n) is 18.1. The zero-order valence-corrected chi connectivity index (χ0v) is 41.9. The summed E-state index contributed by atoms with van der Waals surface area (Å²) in [6.07, 6.45) is 8.95. The number of hydrogen-bond donors (Lipinski definition) is 0. The van der Waals surface area contributed by atoms with E-state index in [1.54, 1.807) is 0 Å². The van der Waals surface area contributed by atoms with Gasteiger partial charge in [-0.05, 0) is 0 Å². The number of halogens is 2. The van der Waals surface area contributed by atoms with E-state index in [-0.39, 0.29) is 7.25 Å². The topological polar surface area (TPSA) is 0 Å². The fourth-order valence-corrected chi connectivity index (χ4v) is 39.9. The van der Waals surface area contributed by atoms with Gasteiger partial charge in [0.15, 0.2) is 0 Å². The van der Waals surface area contributed by atoms with Crippen molar-refractivity contribution in [1.29, 1.82) is 0 Å². The molecule has 0 aromatic heterocycles. The van der Waals surface area contributed by atoms with Gasteiger partial charge in [-0.1, -0.05) is 0 Å². The molecule has 0 radical (unpaired) electrons. The zero-order valence-electron chi connectivity index (χ0n) is 36.5. The van der Waals surface area contributed by atoms with Crippen LogP contribution in [0.2, 0.25) is 0 Å². The summed E-state index contributed by atoms with van der Waals surface area (Å²) in [6.45, 7) is 4.63. The van der Waals surface area contributed by atoms with Crippen LogP contribution in [0.15, 0.2) is 199 Å². The molecule has 0 nitrogen and oxygen atoms in total. The van der Waals surface area contributed by atoms with Crippen LogP contribution in [0.4, 0.5) is 0 Å². The second kappa shape index (κ2) is 16.7. The monoisotopic (exact) mass is 959 g/mol. The molecule has 0 bridgehead atoms. The van der Waals surface area contributed by atoms with Gasteiger partial charge in [-0.3, -0.25) is 0 Å². The summed E-state index contributed by atoms with van der Waals surface area (Å²) >= 11 is -5.76. The van der Waals surface area contributed by atoms with Gasteiger partial charge in [0.25, 0.3) is 0 Å². The third kappa shape index (κ3) is 6.62. The average Bonchev–Trinajstić information content (AvgIpc) is 4.04. The van der Waals surface area contributed by atoms with E-state index in [1.807, 2.05) is 0 Å². The number of fused-ring (bicyclic) bond motifs is 5. The van der Waals surface area contributed by atoms with E-state index in [0.29, 0.717) is 0 Å². The number of benzene rings is 8. The molecule has 11 rings (SSSR count). The molecule has 0 amide bonds. The van der Waals surface area contributed by atoms with Gasteiger partial charge in [-0.25, -0.2) is 0 Å². The van der Waals surface area contributed by atoms with E-state index >= 15 is 0 Å². The summed E-state index contributed by atoms with van der Waals surface area (Å²) in [5, 5.41) is 2.95. The average molecular weight is 962 g/mol. The van der Waals surface area contributed by atoms with Gasteiger partial charge in [0.1, 0.15) is 0 Å². The molecule has 313 valence electrons. The van der Waals surface area contributed by atoms with Gasteiger partial charge >= 0.3 is 393 Å². The molecule has 0 spiro atoms. The van der Waals surface area contributed by atoms with Crippen molar-refractivity contribution in [2.75, 3.05) is 0 Å². The van der Waals surface area contributed by atoms with Gasteiger partial charge in [0.05, 0.1) is 0 Å². The van der Waals surface area contributed by atoms with Crippen molar-refractivity contribution in [1.82, 2.24) is 0 Å². The molecule has 8 aromatic carbocycles. The molecular weight excluding hydrogens is 911 g/mol. The van der Waals surface area contributed by atoms with Crippen LogP contribution < -0.4 is 13.6 Å². The molecule has 0 saturated heterocycles. The van der Waals surface area contributed by atoms with E-state index in [9.17, 15) is 17.0 Å². The third-order valence-electron chi connectivity index (χ3n) is 14.4. The predicted molar refractivity (Wildman–Crippen MR) is 277 cm³/mol. The first-order chi connectivity index (χ1) is 31.4. The van der Waals surface area contributed by atoms with Crippen LogP contribution in [0.1, 0.15) is 69.0 Å². The van der Waals surface area contributed by atoms with Gasteiger partial charge in [0.2, 0.25) is 0 Å². The van der Waals surface area contributed by atoms with Gasteiger partial charge in [0, 0.05) is 0 Å². The summed E-state index contributed by atoms with van der Waals surface area (Å²) < 4.78 is 1.01. The van der Waals surface area contributed by atoms with Crippen molar-refractivity contribution in [3.8, 4) is 55.6 Å². The fourth-order valence-electron chi connectivity index (χ4n) is 11.9. The van der Waals surface area contributed by atoms with Crippen LogP contribution >= 0.6 is 17.0 Å². The predicted octanol–water partition coefficient (Wildman–Crippen LogP) is 15.0. The molecule has 0 fully saturated rings. The van der Waals surface area contributed by atoms with Crippen LogP contribution in [-0.4, -0.2) is 9.52 Å². The van der Waals surface area contributed by atoms with E-state index in [2.05, 4.69) is 214 Å². The van der Waals surface area contributed by atoms with E-state index in [4.69, 9.17) is 0 Å². The Hall–Kier alpha value is -5.08. The van der Waals surface area contributed by atoms with Crippen LogP contribution in [0.3, 0.4) is 0 Å². The summed E-state index contributed by atoms with van der Waals surface area (Å²) in [6, 6.07) is 69.5.